The maximum atomic E-state index is 11.8. The summed E-state index contributed by atoms with van der Waals surface area (Å²) in [5.41, 5.74) is -0.445. The molecule has 0 spiro atoms. The van der Waals surface area contributed by atoms with Crippen molar-refractivity contribution in [3.63, 3.8) is 0 Å². The van der Waals surface area contributed by atoms with Crippen molar-refractivity contribution >= 4 is 21.4 Å². The molecule has 16 heavy (non-hydrogen) atoms. The van der Waals surface area contributed by atoms with Gasteiger partial charge in [-0.15, -0.1) is 11.3 Å². The second-order valence-corrected chi connectivity index (χ2v) is 7.79. The minimum atomic E-state index is -3.43. The summed E-state index contributed by atoms with van der Waals surface area (Å²) in [6.07, 6.45) is 0. The van der Waals surface area contributed by atoms with E-state index in [4.69, 9.17) is 5.11 Å². The molecule has 0 fully saturated rings. The quantitative estimate of drug-likeness (QED) is 0.843. The third kappa shape index (κ3) is 3.55. The predicted octanol–water partition coefficient (Wildman–Crippen LogP) is 1.35. The van der Waals surface area contributed by atoms with E-state index in [0.717, 1.165) is 4.88 Å². The van der Waals surface area contributed by atoms with Crippen molar-refractivity contribution < 1.29 is 13.5 Å². The maximum Gasteiger partial charge on any atom is 0.250 e. The van der Waals surface area contributed by atoms with E-state index in [9.17, 15) is 8.42 Å². The Hall–Kier alpha value is -0.430. The number of rotatable bonds is 5. The van der Waals surface area contributed by atoms with Crippen LogP contribution in [0.15, 0.2) is 16.3 Å². The fraction of sp³-hybridized carbons (Fsp3) is 0.600. The zero-order valence-electron chi connectivity index (χ0n) is 9.65. The lowest BCUT2D eigenvalue weighted by atomic mass is 9.96. The van der Waals surface area contributed by atoms with Gasteiger partial charge >= 0.3 is 0 Å². The van der Waals surface area contributed by atoms with Gasteiger partial charge in [0, 0.05) is 23.4 Å². The minimum absolute atomic E-state index is 0.0566. The Bertz CT molecular complexity index is 448. The molecule has 0 aliphatic rings. The highest BCUT2D eigenvalue weighted by Gasteiger charge is 2.22. The van der Waals surface area contributed by atoms with Gasteiger partial charge in [0.15, 0.2) is 0 Å². The molecule has 0 aliphatic carbocycles. The normalized spacial score (nSPS) is 13.0. The van der Waals surface area contributed by atoms with Crippen LogP contribution in [-0.2, 0) is 10.0 Å². The fourth-order valence-corrected chi connectivity index (χ4v) is 3.54. The van der Waals surface area contributed by atoms with Crippen LogP contribution in [0, 0.1) is 12.3 Å². The molecule has 0 saturated carbocycles. The number of hydrogen-bond donors (Lipinski definition) is 2. The van der Waals surface area contributed by atoms with Crippen LogP contribution in [0.1, 0.15) is 18.7 Å². The second kappa shape index (κ2) is 4.83. The Balaban J connectivity index is 2.74. The van der Waals surface area contributed by atoms with Gasteiger partial charge in [0.25, 0.3) is 0 Å². The minimum Gasteiger partial charge on any atom is -0.396 e. The van der Waals surface area contributed by atoms with Gasteiger partial charge in [0.1, 0.15) is 4.21 Å². The van der Waals surface area contributed by atoms with Gasteiger partial charge in [-0.1, -0.05) is 13.8 Å². The van der Waals surface area contributed by atoms with Crippen molar-refractivity contribution in [2.45, 2.75) is 25.0 Å². The van der Waals surface area contributed by atoms with Gasteiger partial charge in [-0.2, -0.15) is 0 Å². The molecule has 0 bridgehead atoms. The summed E-state index contributed by atoms with van der Waals surface area (Å²) < 4.78 is 26.5. The number of aryl methyl sites for hydroxylation is 1. The Morgan fingerprint density at radius 1 is 1.44 bits per heavy atom. The summed E-state index contributed by atoms with van der Waals surface area (Å²) in [5, 5.41) is 9.03. The molecule has 0 unspecified atom stereocenters. The SMILES string of the molecule is Cc1ccc(S(=O)(=O)NCC(C)(C)CO)s1. The molecule has 1 aromatic rings. The zero-order chi connectivity index (χ0) is 12.4. The molecule has 0 amide bonds. The van der Waals surface area contributed by atoms with Crippen LogP contribution >= 0.6 is 11.3 Å². The standard InChI is InChI=1S/C10H17NO3S2/c1-8-4-5-9(15-8)16(13,14)11-6-10(2,3)7-12/h4-5,11-12H,6-7H2,1-3H3. The summed E-state index contributed by atoms with van der Waals surface area (Å²) in [6, 6.07) is 3.37. The van der Waals surface area contributed by atoms with E-state index in [2.05, 4.69) is 4.72 Å². The van der Waals surface area contributed by atoms with Crippen molar-refractivity contribution in [1.82, 2.24) is 4.72 Å². The molecule has 4 nitrogen and oxygen atoms in total. The number of thiophene rings is 1. The molecule has 1 aromatic heterocycles. The Kier molecular flexibility index (Phi) is 4.12. The highest BCUT2D eigenvalue weighted by Crippen LogP contribution is 2.21. The molecule has 1 heterocycles. The zero-order valence-corrected chi connectivity index (χ0v) is 11.3. The second-order valence-electron chi connectivity index (χ2n) is 4.51. The van der Waals surface area contributed by atoms with Crippen LogP contribution in [0.5, 0.6) is 0 Å². The molecule has 6 heteroatoms. The first kappa shape index (κ1) is 13.6. The van der Waals surface area contributed by atoms with Gasteiger partial charge in [0.05, 0.1) is 0 Å². The van der Waals surface area contributed by atoms with Crippen LogP contribution in [0.4, 0.5) is 0 Å². The maximum absolute atomic E-state index is 11.8. The van der Waals surface area contributed by atoms with Crippen LogP contribution < -0.4 is 4.72 Å². The number of nitrogens with one attached hydrogen (secondary N) is 1. The molecule has 0 aliphatic heterocycles. The van der Waals surface area contributed by atoms with E-state index in [1.54, 1.807) is 26.0 Å². The Morgan fingerprint density at radius 2 is 2.06 bits per heavy atom. The summed E-state index contributed by atoms with van der Waals surface area (Å²) in [7, 11) is -3.43. The Morgan fingerprint density at radius 3 is 2.50 bits per heavy atom. The van der Waals surface area contributed by atoms with E-state index in [1.807, 2.05) is 6.92 Å². The molecular weight excluding hydrogens is 246 g/mol. The van der Waals surface area contributed by atoms with E-state index in [1.165, 1.54) is 11.3 Å². The van der Waals surface area contributed by atoms with Gasteiger partial charge < -0.3 is 5.11 Å². The number of hydrogen-bond acceptors (Lipinski definition) is 4. The summed E-state index contributed by atoms with van der Waals surface area (Å²) in [4.78, 5) is 0.960. The molecule has 2 N–H and O–H groups in total. The van der Waals surface area contributed by atoms with E-state index >= 15 is 0 Å². The van der Waals surface area contributed by atoms with Crippen molar-refractivity contribution in [3.05, 3.63) is 17.0 Å². The molecule has 0 atom stereocenters. The largest absolute Gasteiger partial charge is 0.396 e. The monoisotopic (exact) mass is 263 g/mol. The first-order valence-corrected chi connectivity index (χ1v) is 7.24. The van der Waals surface area contributed by atoms with Crippen LogP contribution in [-0.4, -0.2) is 26.7 Å². The lowest BCUT2D eigenvalue weighted by molar-refractivity contribution is 0.163. The van der Waals surface area contributed by atoms with Crippen molar-refractivity contribution in [1.29, 1.82) is 0 Å². The van der Waals surface area contributed by atoms with Crippen LogP contribution in [0.3, 0.4) is 0 Å². The average molecular weight is 263 g/mol. The highest BCUT2D eigenvalue weighted by atomic mass is 32.2. The van der Waals surface area contributed by atoms with Crippen LogP contribution in [0.25, 0.3) is 0 Å². The average Bonchev–Trinajstić information content (AvgIpc) is 2.63. The van der Waals surface area contributed by atoms with Crippen molar-refractivity contribution in [3.8, 4) is 0 Å². The fourth-order valence-electron chi connectivity index (χ4n) is 0.974. The first-order valence-electron chi connectivity index (χ1n) is 4.94. The van der Waals surface area contributed by atoms with Crippen LogP contribution in [0.2, 0.25) is 0 Å². The third-order valence-electron chi connectivity index (χ3n) is 2.15. The molecule has 92 valence electrons. The molecule has 0 radical (unpaired) electrons. The van der Waals surface area contributed by atoms with Gasteiger partial charge in [-0.25, -0.2) is 13.1 Å². The van der Waals surface area contributed by atoms with Gasteiger partial charge in [0.2, 0.25) is 10.0 Å². The predicted molar refractivity (Wildman–Crippen MR) is 65.1 cm³/mol. The molecule has 0 aromatic carbocycles. The lowest BCUT2D eigenvalue weighted by Gasteiger charge is -2.21. The summed E-state index contributed by atoms with van der Waals surface area (Å²) in [6.45, 7) is 5.63. The molecule has 0 saturated heterocycles. The highest BCUT2D eigenvalue weighted by molar-refractivity contribution is 7.91. The molecule has 1 rings (SSSR count). The number of aliphatic hydroxyl groups excluding tert-OH is 1. The van der Waals surface area contributed by atoms with Crippen molar-refractivity contribution in [2.75, 3.05) is 13.2 Å². The Labute approximate surface area is 100 Å². The van der Waals surface area contributed by atoms with E-state index < -0.39 is 15.4 Å². The van der Waals surface area contributed by atoms with E-state index in [-0.39, 0.29) is 13.2 Å². The number of sulfonamides is 1. The van der Waals surface area contributed by atoms with Gasteiger partial charge in [-0.3, -0.25) is 0 Å². The lowest BCUT2D eigenvalue weighted by Crippen LogP contribution is -2.35. The summed E-state index contributed by atoms with van der Waals surface area (Å²) in [5.74, 6) is 0. The third-order valence-corrected chi connectivity index (χ3v) is 5.04. The summed E-state index contributed by atoms with van der Waals surface area (Å²) >= 11 is 1.24. The van der Waals surface area contributed by atoms with Gasteiger partial charge in [-0.05, 0) is 19.1 Å². The van der Waals surface area contributed by atoms with Crippen molar-refractivity contribution in [2.24, 2.45) is 5.41 Å². The topological polar surface area (TPSA) is 66.4 Å². The van der Waals surface area contributed by atoms with E-state index in [0.29, 0.717) is 4.21 Å². The molecular formula is C10H17NO3S2. The number of aliphatic hydroxyl groups is 1. The first-order chi connectivity index (χ1) is 7.27. The smallest absolute Gasteiger partial charge is 0.250 e.